The number of halogens is 2. The molecule has 0 saturated carbocycles. The SMILES string of the molecule is O=C(C1CCCN1S(=O)(=O)c1ccc(Cl)cc1)N(Cc1ccccn1)c1nc2c(F)cccc2s1. The van der Waals surface area contributed by atoms with E-state index in [0.717, 1.165) is 0 Å². The van der Waals surface area contributed by atoms with Crippen molar-refractivity contribution in [2.24, 2.45) is 0 Å². The van der Waals surface area contributed by atoms with Crippen LogP contribution in [0.3, 0.4) is 0 Å². The molecule has 4 aromatic rings. The van der Waals surface area contributed by atoms with Gasteiger partial charge in [0.15, 0.2) is 5.13 Å². The lowest BCUT2D eigenvalue weighted by Crippen LogP contribution is -2.47. The normalized spacial score (nSPS) is 16.6. The number of sulfonamides is 1. The van der Waals surface area contributed by atoms with Crippen molar-refractivity contribution in [1.82, 2.24) is 14.3 Å². The van der Waals surface area contributed by atoms with E-state index >= 15 is 0 Å². The first-order valence-corrected chi connectivity index (χ1v) is 13.5. The van der Waals surface area contributed by atoms with Gasteiger partial charge in [0, 0.05) is 17.8 Å². The highest BCUT2D eigenvalue weighted by atomic mass is 35.5. The molecule has 3 heterocycles. The zero-order chi connectivity index (χ0) is 24.6. The highest BCUT2D eigenvalue weighted by Gasteiger charge is 2.42. The van der Waals surface area contributed by atoms with Crippen LogP contribution >= 0.6 is 22.9 Å². The third kappa shape index (κ3) is 4.66. The van der Waals surface area contributed by atoms with Crippen molar-refractivity contribution in [2.75, 3.05) is 11.4 Å². The van der Waals surface area contributed by atoms with Gasteiger partial charge in [-0.05, 0) is 61.4 Å². The van der Waals surface area contributed by atoms with Gasteiger partial charge in [0.1, 0.15) is 17.4 Å². The van der Waals surface area contributed by atoms with E-state index in [1.807, 2.05) is 0 Å². The molecule has 1 aliphatic heterocycles. The van der Waals surface area contributed by atoms with Gasteiger partial charge in [-0.2, -0.15) is 4.31 Å². The van der Waals surface area contributed by atoms with Crippen LogP contribution in [0.2, 0.25) is 5.02 Å². The summed E-state index contributed by atoms with van der Waals surface area (Å²) in [7, 11) is -3.93. The van der Waals surface area contributed by atoms with Crippen molar-refractivity contribution in [3.8, 4) is 0 Å². The Morgan fingerprint density at radius 1 is 1.14 bits per heavy atom. The molecule has 0 aliphatic carbocycles. The molecule has 1 aliphatic rings. The van der Waals surface area contributed by atoms with Gasteiger partial charge < -0.3 is 0 Å². The Bertz CT molecular complexity index is 1480. The van der Waals surface area contributed by atoms with Crippen LogP contribution in [0.15, 0.2) is 71.8 Å². The smallest absolute Gasteiger partial charge is 0.247 e. The summed E-state index contributed by atoms with van der Waals surface area (Å²) >= 11 is 7.10. The fourth-order valence-electron chi connectivity index (χ4n) is 4.11. The molecule has 1 saturated heterocycles. The van der Waals surface area contributed by atoms with Crippen LogP contribution in [-0.4, -0.2) is 41.2 Å². The average Bonchev–Trinajstić information content (AvgIpc) is 3.52. The minimum Gasteiger partial charge on any atom is -0.281 e. The number of thiazole rings is 1. The maximum Gasteiger partial charge on any atom is 0.247 e. The molecule has 1 atom stereocenters. The predicted molar refractivity (Wildman–Crippen MR) is 133 cm³/mol. The van der Waals surface area contributed by atoms with Crippen molar-refractivity contribution in [3.05, 3.63) is 83.4 Å². The molecular weight excluding hydrogens is 511 g/mol. The molecule has 1 unspecified atom stereocenters. The Morgan fingerprint density at radius 3 is 2.66 bits per heavy atom. The van der Waals surface area contributed by atoms with Crippen molar-refractivity contribution in [2.45, 2.75) is 30.3 Å². The summed E-state index contributed by atoms with van der Waals surface area (Å²) in [6, 6.07) is 14.9. The van der Waals surface area contributed by atoms with Gasteiger partial charge >= 0.3 is 0 Å². The van der Waals surface area contributed by atoms with E-state index in [9.17, 15) is 17.6 Å². The Balaban J connectivity index is 1.53. The fourth-order valence-corrected chi connectivity index (χ4v) is 6.87. The molecule has 1 fully saturated rings. The summed E-state index contributed by atoms with van der Waals surface area (Å²) in [5.74, 6) is -0.909. The van der Waals surface area contributed by atoms with E-state index in [-0.39, 0.29) is 28.6 Å². The Labute approximate surface area is 210 Å². The monoisotopic (exact) mass is 530 g/mol. The van der Waals surface area contributed by atoms with Crippen LogP contribution < -0.4 is 4.90 Å². The van der Waals surface area contributed by atoms with Crippen LogP contribution in [0.5, 0.6) is 0 Å². The fraction of sp³-hybridized carbons (Fsp3) is 0.208. The van der Waals surface area contributed by atoms with E-state index in [4.69, 9.17) is 11.6 Å². The third-order valence-corrected chi connectivity index (χ3v) is 9.03. The first-order valence-electron chi connectivity index (χ1n) is 10.9. The second-order valence-electron chi connectivity index (χ2n) is 8.06. The largest absolute Gasteiger partial charge is 0.281 e. The highest BCUT2D eigenvalue weighted by molar-refractivity contribution is 7.89. The summed E-state index contributed by atoms with van der Waals surface area (Å²) in [4.78, 5) is 24.1. The molecule has 2 aromatic carbocycles. The van der Waals surface area contributed by atoms with Gasteiger partial charge in [-0.15, -0.1) is 0 Å². The number of rotatable bonds is 6. The molecule has 180 valence electrons. The number of nitrogens with zero attached hydrogens (tertiary/aromatic N) is 4. The number of fused-ring (bicyclic) bond motifs is 1. The van der Waals surface area contributed by atoms with E-state index in [1.165, 1.54) is 50.9 Å². The van der Waals surface area contributed by atoms with Gasteiger partial charge in [0.2, 0.25) is 15.9 Å². The molecule has 5 rings (SSSR count). The summed E-state index contributed by atoms with van der Waals surface area (Å²) in [6.45, 7) is 0.291. The molecule has 0 spiro atoms. The number of carbonyl (C=O) groups excluding carboxylic acids is 1. The molecule has 1 amide bonds. The zero-order valence-corrected chi connectivity index (χ0v) is 20.7. The van der Waals surface area contributed by atoms with Gasteiger partial charge in [-0.1, -0.05) is 35.1 Å². The minimum absolute atomic E-state index is 0.0694. The first kappa shape index (κ1) is 23.8. The summed E-state index contributed by atoms with van der Waals surface area (Å²) in [6.07, 6.45) is 2.52. The van der Waals surface area contributed by atoms with Crippen molar-refractivity contribution >= 4 is 54.2 Å². The van der Waals surface area contributed by atoms with Crippen molar-refractivity contribution in [3.63, 3.8) is 0 Å². The van der Waals surface area contributed by atoms with Crippen LogP contribution in [0.25, 0.3) is 10.2 Å². The third-order valence-electron chi connectivity index (χ3n) is 5.81. The van der Waals surface area contributed by atoms with E-state index < -0.39 is 27.8 Å². The van der Waals surface area contributed by atoms with Gasteiger partial charge in [0.25, 0.3) is 0 Å². The number of pyridine rings is 1. The lowest BCUT2D eigenvalue weighted by atomic mass is 10.2. The van der Waals surface area contributed by atoms with Gasteiger partial charge in [-0.25, -0.2) is 17.8 Å². The standard InChI is InChI=1S/C24H20ClFN4O3S2/c25-16-9-11-18(12-10-16)35(32,33)30-14-4-7-20(30)23(31)29(15-17-5-1-2-13-27-17)24-28-22-19(26)6-3-8-21(22)34-24/h1-3,5-6,8-13,20H,4,7,14-15H2. The predicted octanol–water partition coefficient (Wildman–Crippen LogP) is 4.87. The summed E-state index contributed by atoms with van der Waals surface area (Å²) in [5.41, 5.74) is 0.772. The number of amides is 1. The highest BCUT2D eigenvalue weighted by Crippen LogP contribution is 2.34. The minimum atomic E-state index is -3.93. The Morgan fingerprint density at radius 2 is 1.94 bits per heavy atom. The second-order valence-corrected chi connectivity index (χ2v) is 11.4. The number of hydrogen-bond donors (Lipinski definition) is 0. The molecule has 0 N–H and O–H groups in total. The lowest BCUT2D eigenvalue weighted by molar-refractivity contribution is -0.121. The lowest BCUT2D eigenvalue weighted by Gasteiger charge is -2.28. The number of para-hydroxylation sites is 1. The molecule has 11 heteroatoms. The number of hydrogen-bond acceptors (Lipinski definition) is 6. The number of anilines is 1. The van der Waals surface area contributed by atoms with Crippen LogP contribution in [0, 0.1) is 5.82 Å². The molecular formula is C24H20ClFN4O3S2. The number of benzene rings is 2. The molecule has 2 aromatic heterocycles. The van der Waals surface area contributed by atoms with Crippen LogP contribution in [0.1, 0.15) is 18.5 Å². The molecule has 7 nitrogen and oxygen atoms in total. The maximum absolute atomic E-state index is 14.4. The molecule has 35 heavy (non-hydrogen) atoms. The molecule has 0 bridgehead atoms. The van der Waals surface area contributed by atoms with Crippen molar-refractivity contribution in [1.29, 1.82) is 0 Å². The van der Waals surface area contributed by atoms with E-state index in [1.54, 1.807) is 36.5 Å². The van der Waals surface area contributed by atoms with E-state index in [2.05, 4.69) is 9.97 Å². The first-order chi connectivity index (χ1) is 16.8. The maximum atomic E-state index is 14.4. The number of carbonyl (C=O) groups is 1. The summed E-state index contributed by atoms with van der Waals surface area (Å²) in [5, 5.41) is 0.707. The van der Waals surface area contributed by atoms with Crippen molar-refractivity contribution < 1.29 is 17.6 Å². The Hall–Kier alpha value is -2.92. The van der Waals surface area contributed by atoms with Crippen LogP contribution in [-0.2, 0) is 21.4 Å². The second kappa shape index (κ2) is 9.62. The Kier molecular flexibility index (Phi) is 6.54. The summed E-state index contributed by atoms with van der Waals surface area (Å²) < 4.78 is 43.0. The van der Waals surface area contributed by atoms with E-state index in [0.29, 0.717) is 28.3 Å². The molecule has 0 radical (unpaired) electrons. The number of aromatic nitrogens is 2. The topological polar surface area (TPSA) is 83.5 Å². The van der Waals surface area contributed by atoms with Gasteiger partial charge in [-0.3, -0.25) is 14.7 Å². The zero-order valence-electron chi connectivity index (χ0n) is 18.3. The van der Waals surface area contributed by atoms with Gasteiger partial charge in [0.05, 0.1) is 21.8 Å². The van der Waals surface area contributed by atoms with Crippen LogP contribution in [0.4, 0.5) is 9.52 Å². The average molecular weight is 531 g/mol. The quantitative estimate of drug-likeness (QED) is 0.355.